The van der Waals surface area contributed by atoms with Gasteiger partial charge in [0.15, 0.2) is 17.3 Å². The van der Waals surface area contributed by atoms with Crippen LogP contribution >= 0.6 is 0 Å². The molecule has 4 heteroatoms. The molecule has 0 fully saturated rings. The third kappa shape index (κ3) is 2.45. The summed E-state index contributed by atoms with van der Waals surface area (Å²) in [5.41, 5.74) is 1.38. The molecule has 4 nitrogen and oxygen atoms in total. The summed E-state index contributed by atoms with van der Waals surface area (Å²) in [6.45, 7) is 4.25. The minimum absolute atomic E-state index is 0.00287. The summed E-state index contributed by atoms with van der Waals surface area (Å²) in [6, 6.07) is 3.47. The maximum Gasteiger partial charge on any atom is 0.162 e. The van der Waals surface area contributed by atoms with Crippen LogP contribution in [0.25, 0.3) is 0 Å². The van der Waals surface area contributed by atoms with E-state index < -0.39 is 0 Å². The molecule has 0 aromatic heterocycles. The predicted octanol–water partition coefficient (Wildman–Crippen LogP) is 2.34. The van der Waals surface area contributed by atoms with Crippen molar-refractivity contribution >= 4 is 11.5 Å². The summed E-state index contributed by atoms with van der Waals surface area (Å²) < 4.78 is 10.3. The van der Waals surface area contributed by atoms with Crippen LogP contribution in [0.5, 0.6) is 11.5 Å². The molecule has 0 unspecified atom stereocenters. The number of anilines is 1. The third-order valence-corrected chi connectivity index (χ3v) is 2.27. The van der Waals surface area contributed by atoms with Crippen LogP contribution in [-0.4, -0.2) is 26.5 Å². The quantitative estimate of drug-likeness (QED) is 0.778. The van der Waals surface area contributed by atoms with E-state index in [4.69, 9.17) is 9.47 Å². The van der Waals surface area contributed by atoms with Crippen molar-refractivity contribution in [1.82, 2.24) is 0 Å². The van der Waals surface area contributed by atoms with Gasteiger partial charge in [-0.3, -0.25) is 4.79 Å². The van der Waals surface area contributed by atoms with Crippen molar-refractivity contribution in [3.05, 3.63) is 17.7 Å². The van der Waals surface area contributed by atoms with Crippen LogP contribution in [-0.2, 0) is 0 Å². The number of benzene rings is 1. The van der Waals surface area contributed by atoms with Crippen LogP contribution in [0, 0.1) is 0 Å². The molecule has 0 saturated heterocycles. The van der Waals surface area contributed by atoms with Crippen LogP contribution in [0.2, 0.25) is 0 Å². The summed E-state index contributed by atoms with van der Waals surface area (Å²) in [5.74, 6) is 1.18. The molecule has 1 aromatic rings. The van der Waals surface area contributed by atoms with E-state index in [2.05, 4.69) is 5.32 Å². The van der Waals surface area contributed by atoms with E-state index in [0.29, 0.717) is 17.1 Å². The highest BCUT2D eigenvalue weighted by Gasteiger charge is 2.13. The van der Waals surface area contributed by atoms with Crippen LogP contribution in [0.15, 0.2) is 12.1 Å². The fourth-order valence-corrected chi connectivity index (χ4v) is 1.51. The molecule has 0 amide bonds. The SMILES string of the molecule is CCNc1cc(OC)c(OC)cc1C(C)=O. The molecule has 1 aromatic carbocycles. The van der Waals surface area contributed by atoms with E-state index in [1.54, 1.807) is 26.4 Å². The molecule has 0 radical (unpaired) electrons. The monoisotopic (exact) mass is 223 g/mol. The lowest BCUT2D eigenvalue weighted by atomic mass is 10.1. The van der Waals surface area contributed by atoms with Crippen molar-refractivity contribution in [2.24, 2.45) is 0 Å². The average molecular weight is 223 g/mol. The number of hydrogen-bond acceptors (Lipinski definition) is 4. The van der Waals surface area contributed by atoms with Gasteiger partial charge in [-0.1, -0.05) is 0 Å². The van der Waals surface area contributed by atoms with Gasteiger partial charge in [0.1, 0.15) is 0 Å². The van der Waals surface area contributed by atoms with Gasteiger partial charge < -0.3 is 14.8 Å². The van der Waals surface area contributed by atoms with E-state index in [0.717, 1.165) is 12.2 Å². The predicted molar refractivity (Wildman–Crippen MR) is 63.7 cm³/mol. The maximum atomic E-state index is 11.5. The highest BCUT2D eigenvalue weighted by Crippen LogP contribution is 2.33. The Bertz CT molecular complexity index is 388. The first-order chi connectivity index (χ1) is 7.63. The number of carbonyl (C=O) groups excluding carboxylic acids is 1. The molecular formula is C12H17NO3. The van der Waals surface area contributed by atoms with Crippen molar-refractivity contribution in [3.63, 3.8) is 0 Å². The highest BCUT2D eigenvalue weighted by molar-refractivity contribution is 6.00. The largest absolute Gasteiger partial charge is 0.493 e. The molecule has 0 saturated carbocycles. The van der Waals surface area contributed by atoms with Crippen LogP contribution in [0.3, 0.4) is 0 Å². The lowest BCUT2D eigenvalue weighted by Gasteiger charge is -2.13. The Hall–Kier alpha value is -1.71. The number of Topliss-reactive ketones (excluding diaryl/α,β-unsaturated/α-hetero) is 1. The first-order valence-electron chi connectivity index (χ1n) is 5.14. The fraction of sp³-hybridized carbons (Fsp3) is 0.417. The van der Waals surface area contributed by atoms with Crippen molar-refractivity contribution in [2.45, 2.75) is 13.8 Å². The van der Waals surface area contributed by atoms with E-state index >= 15 is 0 Å². The Morgan fingerprint density at radius 2 is 1.81 bits per heavy atom. The van der Waals surface area contributed by atoms with Gasteiger partial charge in [-0.25, -0.2) is 0 Å². The molecule has 1 rings (SSSR count). The zero-order valence-electron chi connectivity index (χ0n) is 10.1. The fourth-order valence-electron chi connectivity index (χ4n) is 1.51. The minimum atomic E-state index is -0.00287. The van der Waals surface area contributed by atoms with Gasteiger partial charge in [-0.15, -0.1) is 0 Å². The summed E-state index contributed by atoms with van der Waals surface area (Å²) in [5, 5.41) is 3.13. The van der Waals surface area contributed by atoms with Crippen molar-refractivity contribution in [3.8, 4) is 11.5 Å². The van der Waals surface area contributed by atoms with E-state index in [1.165, 1.54) is 6.92 Å². The zero-order chi connectivity index (χ0) is 12.1. The molecule has 16 heavy (non-hydrogen) atoms. The molecule has 0 aliphatic rings. The lowest BCUT2D eigenvalue weighted by molar-refractivity contribution is 0.101. The molecular weight excluding hydrogens is 206 g/mol. The first kappa shape index (κ1) is 12.4. The van der Waals surface area contributed by atoms with Gasteiger partial charge in [-0.05, 0) is 19.9 Å². The number of ketones is 1. The van der Waals surface area contributed by atoms with Gasteiger partial charge in [0.2, 0.25) is 0 Å². The second-order valence-electron chi connectivity index (χ2n) is 3.34. The number of ether oxygens (including phenoxy) is 2. The summed E-state index contributed by atoms with van der Waals surface area (Å²) in [6.07, 6.45) is 0. The molecule has 0 bridgehead atoms. The maximum absolute atomic E-state index is 11.5. The topological polar surface area (TPSA) is 47.6 Å². The van der Waals surface area contributed by atoms with Gasteiger partial charge >= 0.3 is 0 Å². The van der Waals surface area contributed by atoms with Crippen molar-refractivity contribution in [2.75, 3.05) is 26.1 Å². The van der Waals surface area contributed by atoms with Gasteiger partial charge in [0, 0.05) is 23.9 Å². The second kappa shape index (κ2) is 5.39. The van der Waals surface area contributed by atoms with E-state index in [1.807, 2.05) is 6.92 Å². The van der Waals surface area contributed by atoms with Gasteiger partial charge in [0.05, 0.1) is 14.2 Å². The summed E-state index contributed by atoms with van der Waals surface area (Å²) in [4.78, 5) is 11.5. The molecule has 0 heterocycles. The van der Waals surface area contributed by atoms with Crippen molar-refractivity contribution in [1.29, 1.82) is 0 Å². The number of nitrogens with one attached hydrogen (secondary N) is 1. The first-order valence-corrected chi connectivity index (χ1v) is 5.14. The number of rotatable bonds is 5. The number of methoxy groups -OCH3 is 2. The standard InChI is InChI=1S/C12H17NO3/c1-5-13-10-7-12(16-4)11(15-3)6-9(10)8(2)14/h6-7,13H,5H2,1-4H3. The highest BCUT2D eigenvalue weighted by atomic mass is 16.5. The number of hydrogen-bond donors (Lipinski definition) is 1. The molecule has 0 aliphatic carbocycles. The molecule has 0 spiro atoms. The Morgan fingerprint density at radius 1 is 1.25 bits per heavy atom. The molecule has 0 atom stereocenters. The van der Waals surface area contributed by atoms with Gasteiger partial charge in [0.25, 0.3) is 0 Å². The lowest BCUT2D eigenvalue weighted by Crippen LogP contribution is -2.05. The van der Waals surface area contributed by atoms with E-state index in [-0.39, 0.29) is 5.78 Å². The Labute approximate surface area is 95.6 Å². The van der Waals surface area contributed by atoms with Gasteiger partial charge in [-0.2, -0.15) is 0 Å². The summed E-state index contributed by atoms with van der Waals surface area (Å²) >= 11 is 0. The number of carbonyl (C=O) groups is 1. The normalized spacial score (nSPS) is 9.75. The third-order valence-electron chi connectivity index (χ3n) is 2.27. The minimum Gasteiger partial charge on any atom is -0.493 e. The second-order valence-corrected chi connectivity index (χ2v) is 3.34. The molecule has 0 aliphatic heterocycles. The van der Waals surface area contributed by atoms with Crippen molar-refractivity contribution < 1.29 is 14.3 Å². The average Bonchev–Trinajstić information content (AvgIpc) is 2.28. The molecule has 88 valence electrons. The summed E-state index contributed by atoms with van der Waals surface area (Å²) in [7, 11) is 3.12. The van der Waals surface area contributed by atoms with Crippen LogP contribution in [0.1, 0.15) is 24.2 Å². The Morgan fingerprint density at radius 3 is 2.25 bits per heavy atom. The van der Waals surface area contributed by atoms with Crippen LogP contribution in [0.4, 0.5) is 5.69 Å². The molecule has 1 N–H and O–H groups in total. The zero-order valence-corrected chi connectivity index (χ0v) is 10.1. The Kier molecular flexibility index (Phi) is 4.17. The Balaban J connectivity index is 3.29. The van der Waals surface area contributed by atoms with Crippen LogP contribution < -0.4 is 14.8 Å². The van der Waals surface area contributed by atoms with E-state index in [9.17, 15) is 4.79 Å². The smallest absolute Gasteiger partial charge is 0.162 e.